The third kappa shape index (κ3) is 2.94. The van der Waals surface area contributed by atoms with Gasteiger partial charge in [-0.25, -0.2) is 0 Å². The number of anilines is 1. The van der Waals surface area contributed by atoms with Gasteiger partial charge in [0.05, 0.1) is 0 Å². The molecule has 0 aliphatic heterocycles. The second kappa shape index (κ2) is 4.46. The monoisotopic (exact) mass is 190 g/mol. The SMILES string of the molecule is C=C(CCc1ccc(N)cc1)C(N)=O. The minimum Gasteiger partial charge on any atom is -0.399 e. The number of primary amides is 1. The molecule has 0 bridgehead atoms. The Morgan fingerprint density at radius 1 is 1.29 bits per heavy atom. The number of nitrogen functional groups attached to an aromatic ring is 1. The first kappa shape index (κ1) is 10.3. The average Bonchev–Trinajstić information content (AvgIpc) is 2.16. The lowest BCUT2D eigenvalue weighted by Gasteiger charge is -2.02. The summed E-state index contributed by atoms with van der Waals surface area (Å²) in [5, 5.41) is 0. The Morgan fingerprint density at radius 3 is 2.36 bits per heavy atom. The first-order chi connectivity index (χ1) is 6.59. The van der Waals surface area contributed by atoms with Gasteiger partial charge in [0, 0.05) is 11.3 Å². The fraction of sp³-hybridized carbons (Fsp3) is 0.182. The second-order valence-electron chi connectivity index (χ2n) is 3.21. The number of rotatable bonds is 4. The molecule has 0 atom stereocenters. The van der Waals surface area contributed by atoms with Crippen LogP contribution in [-0.4, -0.2) is 5.91 Å². The van der Waals surface area contributed by atoms with Gasteiger partial charge in [-0.2, -0.15) is 0 Å². The molecule has 0 radical (unpaired) electrons. The Hall–Kier alpha value is -1.77. The molecular formula is C11H14N2O. The van der Waals surface area contributed by atoms with Gasteiger partial charge in [-0.1, -0.05) is 18.7 Å². The predicted molar refractivity (Wildman–Crippen MR) is 57.5 cm³/mol. The fourth-order valence-corrected chi connectivity index (χ4v) is 1.10. The highest BCUT2D eigenvalue weighted by atomic mass is 16.1. The molecule has 0 saturated carbocycles. The summed E-state index contributed by atoms with van der Waals surface area (Å²) in [6.45, 7) is 3.59. The number of carbonyl (C=O) groups is 1. The number of amides is 1. The van der Waals surface area contributed by atoms with Crippen molar-refractivity contribution in [1.29, 1.82) is 0 Å². The Bertz CT molecular complexity index is 341. The van der Waals surface area contributed by atoms with E-state index in [4.69, 9.17) is 11.5 Å². The largest absolute Gasteiger partial charge is 0.399 e. The standard InChI is InChI=1S/C11H14N2O/c1-8(11(13)14)2-3-9-4-6-10(12)7-5-9/h4-7H,1-3,12H2,(H2,13,14). The lowest BCUT2D eigenvalue weighted by atomic mass is 10.1. The molecule has 3 heteroatoms. The molecule has 1 aromatic carbocycles. The van der Waals surface area contributed by atoms with E-state index >= 15 is 0 Å². The summed E-state index contributed by atoms with van der Waals surface area (Å²) in [5.74, 6) is -0.430. The zero-order valence-corrected chi connectivity index (χ0v) is 7.99. The molecule has 0 spiro atoms. The Balaban J connectivity index is 2.50. The predicted octanol–water partition coefficient (Wildman–Crippen LogP) is 1.24. The summed E-state index contributed by atoms with van der Waals surface area (Å²) in [5.41, 5.74) is 12.9. The third-order valence-electron chi connectivity index (χ3n) is 2.04. The molecule has 14 heavy (non-hydrogen) atoms. The number of nitrogens with two attached hydrogens (primary N) is 2. The molecule has 0 aliphatic carbocycles. The quantitative estimate of drug-likeness (QED) is 0.554. The molecule has 0 aliphatic rings. The summed E-state index contributed by atoms with van der Waals surface area (Å²) >= 11 is 0. The number of hydrogen-bond acceptors (Lipinski definition) is 2. The van der Waals surface area contributed by atoms with Crippen LogP contribution in [0.4, 0.5) is 5.69 Å². The molecule has 1 rings (SSSR count). The first-order valence-electron chi connectivity index (χ1n) is 4.41. The molecule has 0 aromatic heterocycles. The minimum atomic E-state index is -0.430. The Kier molecular flexibility index (Phi) is 3.29. The van der Waals surface area contributed by atoms with E-state index in [0.29, 0.717) is 12.0 Å². The smallest absolute Gasteiger partial charge is 0.244 e. The van der Waals surface area contributed by atoms with Crippen LogP contribution in [0.25, 0.3) is 0 Å². The van der Waals surface area contributed by atoms with Crippen LogP contribution in [0.2, 0.25) is 0 Å². The highest BCUT2D eigenvalue weighted by Crippen LogP contribution is 2.10. The van der Waals surface area contributed by atoms with Gasteiger partial charge in [-0.15, -0.1) is 0 Å². The topological polar surface area (TPSA) is 69.1 Å². The van der Waals surface area contributed by atoms with E-state index in [9.17, 15) is 4.79 Å². The summed E-state index contributed by atoms with van der Waals surface area (Å²) < 4.78 is 0. The van der Waals surface area contributed by atoms with Crippen LogP contribution in [0, 0.1) is 0 Å². The van der Waals surface area contributed by atoms with Gasteiger partial charge in [0.25, 0.3) is 0 Å². The van der Waals surface area contributed by atoms with Gasteiger partial charge in [0.2, 0.25) is 5.91 Å². The van der Waals surface area contributed by atoms with E-state index in [-0.39, 0.29) is 0 Å². The van der Waals surface area contributed by atoms with Crippen molar-refractivity contribution in [3.8, 4) is 0 Å². The molecule has 0 heterocycles. The highest BCUT2D eigenvalue weighted by molar-refractivity contribution is 5.91. The van der Waals surface area contributed by atoms with Gasteiger partial charge < -0.3 is 11.5 Å². The van der Waals surface area contributed by atoms with Crippen molar-refractivity contribution in [1.82, 2.24) is 0 Å². The number of aryl methyl sites for hydroxylation is 1. The summed E-state index contributed by atoms with van der Waals surface area (Å²) in [7, 11) is 0. The molecule has 0 unspecified atom stereocenters. The van der Waals surface area contributed by atoms with Crippen molar-refractivity contribution < 1.29 is 4.79 Å². The van der Waals surface area contributed by atoms with Crippen LogP contribution in [-0.2, 0) is 11.2 Å². The molecule has 0 fully saturated rings. The van der Waals surface area contributed by atoms with Gasteiger partial charge in [0.1, 0.15) is 0 Å². The maximum absolute atomic E-state index is 10.7. The van der Waals surface area contributed by atoms with E-state index in [1.807, 2.05) is 24.3 Å². The van der Waals surface area contributed by atoms with Crippen molar-refractivity contribution in [2.45, 2.75) is 12.8 Å². The summed E-state index contributed by atoms with van der Waals surface area (Å²) in [4.78, 5) is 10.7. The van der Waals surface area contributed by atoms with Crippen LogP contribution in [0.5, 0.6) is 0 Å². The molecule has 1 aromatic rings. The lowest BCUT2D eigenvalue weighted by Crippen LogP contribution is -2.13. The van der Waals surface area contributed by atoms with Gasteiger partial charge in [-0.05, 0) is 30.5 Å². The van der Waals surface area contributed by atoms with E-state index < -0.39 is 5.91 Å². The third-order valence-corrected chi connectivity index (χ3v) is 2.04. The summed E-state index contributed by atoms with van der Waals surface area (Å²) in [6.07, 6.45) is 1.36. The van der Waals surface area contributed by atoms with E-state index in [1.54, 1.807) is 0 Å². The number of benzene rings is 1. The van der Waals surface area contributed by atoms with Crippen LogP contribution in [0.15, 0.2) is 36.4 Å². The summed E-state index contributed by atoms with van der Waals surface area (Å²) in [6, 6.07) is 7.54. The number of hydrogen-bond donors (Lipinski definition) is 2. The van der Waals surface area contributed by atoms with Crippen LogP contribution in [0.3, 0.4) is 0 Å². The zero-order chi connectivity index (χ0) is 10.6. The first-order valence-corrected chi connectivity index (χ1v) is 4.41. The average molecular weight is 190 g/mol. The second-order valence-corrected chi connectivity index (χ2v) is 3.21. The lowest BCUT2D eigenvalue weighted by molar-refractivity contribution is -0.114. The Labute approximate surface area is 83.4 Å². The van der Waals surface area contributed by atoms with Crippen molar-refractivity contribution in [3.05, 3.63) is 42.0 Å². The molecule has 1 amide bonds. The molecule has 0 saturated heterocycles. The highest BCUT2D eigenvalue weighted by Gasteiger charge is 2.01. The molecule has 74 valence electrons. The van der Waals surface area contributed by atoms with E-state index in [0.717, 1.165) is 17.7 Å². The number of carbonyl (C=O) groups excluding carboxylic acids is 1. The molecular weight excluding hydrogens is 176 g/mol. The van der Waals surface area contributed by atoms with E-state index in [2.05, 4.69) is 6.58 Å². The molecule has 3 nitrogen and oxygen atoms in total. The van der Waals surface area contributed by atoms with Crippen LogP contribution < -0.4 is 11.5 Å². The van der Waals surface area contributed by atoms with Gasteiger partial charge in [-0.3, -0.25) is 4.79 Å². The van der Waals surface area contributed by atoms with E-state index in [1.165, 1.54) is 0 Å². The molecule has 4 N–H and O–H groups in total. The van der Waals surface area contributed by atoms with Crippen LogP contribution in [0.1, 0.15) is 12.0 Å². The minimum absolute atomic E-state index is 0.430. The van der Waals surface area contributed by atoms with Gasteiger partial charge in [0.15, 0.2) is 0 Å². The maximum Gasteiger partial charge on any atom is 0.244 e. The van der Waals surface area contributed by atoms with Crippen molar-refractivity contribution in [2.24, 2.45) is 5.73 Å². The van der Waals surface area contributed by atoms with Crippen LogP contribution >= 0.6 is 0 Å². The Morgan fingerprint density at radius 2 is 1.86 bits per heavy atom. The fourth-order valence-electron chi connectivity index (χ4n) is 1.10. The van der Waals surface area contributed by atoms with Crippen molar-refractivity contribution in [3.63, 3.8) is 0 Å². The zero-order valence-electron chi connectivity index (χ0n) is 7.99. The maximum atomic E-state index is 10.7. The van der Waals surface area contributed by atoms with Crippen molar-refractivity contribution >= 4 is 11.6 Å². The van der Waals surface area contributed by atoms with Crippen molar-refractivity contribution in [2.75, 3.05) is 5.73 Å². The normalized spacial score (nSPS) is 9.71. The van der Waals surface area contributed by atoms with Gasteiger partial charge >= 0.3 is 0 Å².